The average molecular weight is 230 g/mol. The van der Waals surface area contributed by atoms with E-state index in [4.69, 9.17) is 4.74 Å². The van der Waals surface area contributed by atoms with Gasteiger partial charge in [0, 0.05) is 0 Å². The summed E-state index contributed by atoms with van der Waals surface area (Å²) in [4.78, 5) is 0. The second-order valence-corrected chi connectivity index (χ2v) is 4.12. The van der Waals surface area contributed by atoms with Crippen molar-refractivity contribution in [3.63, 3.8) is 0 Å². The first-order valence-corrected chi connectivity index (χ1v) is 5.73. The molecule has 5 heteroatoms. The average Bonchev–Trinajstić information content (AvgIpc) is 1.87. The van der Waals surface area contributed by atoms with Crippen LogP contribution in [0.2, 0.25) is 0 Å². The highest BCUT2D eigenvalue weighted by Gasteiger charge is 2.07. The van der Waals surface area contributed by atoms with E-state index in [9.17, 15) is 0 Å². The van der Waals surface area contributed by atoms with Gasteiger partial charge in [-0.2, -0.15) is 25.3 Å². The summed E-state index contributed by atoms with van der Waals surface area (Å²) >= 11 is 16.5. The topological polar surface area (TPSA) is 9.23 Å². The molecule has 0 aromatic heterocycles. The summed E-state index contributed by atoms with van der Waals surface area (Å²) in [7, 11) is 0. The fraction of sp³-hybridized carbons (Fsp3) is 1.00. The normalized spacial score (nSPS) is 16.4. The zero-order valence-electron chi connectivity index (χ0n) is 6.18. The minimum Gasteiger partial charge on any atom is -0.354 e. The number of hydrogen-bond acceptors (Lipinski definition) is 5. The zero-order chi connectivity index (χ0) is 8.69. The molecule has 0 rings (SSSR count). The first kappa shape index (κ1) is 12.4. The van der Waals surface area contributed by atoms with Gasteiger partial charge < -0.3 is 4.74 Å². The predicted molar refractivity (Wildman–Crippen MR) is 63.6 cm³/mol. The Bertz CT molecular complexity index is 80.7. The maximum Gasteiger partial charge on any atom is 0.102 e. The first-order chi connectivity index (χ1) is 5.20. The Morgan fingerprint density at radius 3 is 1.55 bits per heavy atom. The minimum atomic E-state index is -0.0464. The number of rotatable bonds is 6. The van der Waals surface area contributed by atoms with Crippen molar-refractivity contribution in [1.82, 2.24) is 0 Å². The van der Waals surface area contributed by atoms with Crippen LogP contribution in [0.25, 0.3) is 0 Å². The van der Waals surface area contributed by atoms with Crippen LogP contribution in [0.15, 0.2) is 0 Å². The van der Waals surface area contributed by atoms with Gasteiger partial charge in [0.05, 0.1) is 0 Å². The molecule has 0 amide bonds. The van der Waals surface area contributed by atoms with Crippen LogP contribution in [0.4, 0.5) is 0 Å². The smallest absolute Gasteiger partial charge is 0.102 e. The summed E-state index contributed by atoms with van der Waals surface area (Å²) in [6.07, 6.45) is 1.69. The maximum atomic E-state index is 5.36. The first-order valence-electron chi connectivity index (χ1n) is 3.44. The molecule has 0 aliphatic carbocycles. The Morgan fingerprint density at radius 2 is 1.27 bits per heavy atom. The van der Waals surface area contributed by atoms with E-state index in [2.05, 4.69) is 50.5 Å². The van der Waals surface area contributed by atoms with Crippen LogP contribution in [-0.4, -0.2) is 22.4 Å². The lowest BCUT2D eigenvalue weighted by Gasteiger charge is -2.15. The van der Waals surface area contributed by atoms with Gasteiger partial charge in [-0.3, -0.25) is 0 Å². The van der Waals surface area contributed by atoms with E-state index in [-0.39, 0.29) is 10.9 Å². The summed E-state index contributed by atoms with van der Waals surface area (Å²) < 4.78 is 5.36. The van der Waals surface area contributed by atoms with E-state index in [1.54, 1.807) is 0 Å². The standard InChI is InChI=1S/C6H14OS4/c8-3-1-5(10)7-6(11)2-4-9/h5-6,8-11H,1-4H2. The van der Waals surface area contributed by atoms with Gasteiger partial charge in [-0.1, -0.05) is 0 Å². The molecule has 0 bridgehead atoms. The highest BCUT2D eigenvalue weighted by Crippen LogP contribution is 2.13. The highest BCUT2D eigenvalue weighted by atomic mass is 32.1. The van der Waals surface area contributed by atoms with Gasteiger partial charge in [-0.15, -0.1) is 25.3 Å². The number of thiol groups is 4. The van der Waals surface area contributed by atoms with Crippen molar-refractivity contribution in [3.05, 3.63) is 0 Å². The number of hydrogen-bond donors (Lipinski definition) is 4. The van der Waals surface area contributed by atoms with E-state index in [0.29, 0.717) is 0 Å². The van der Waals surface area contributed by atoms with Crippen molar-refractivity contribution >= 4 is 50.5 Å². The largest absolute Gasteiger partial charge is 0.354 e. The third-order valence-electron chi connectivity index (χ3n) is 1.07. The Morgan fingerprint density at radius 1 is 0.909 bits per heavy atom. The van der Waals surface area contributed by atoms with Crippen molar-refractivity contribution in [2.24, 2.45) is 0 Å². The molecular weight excluding hydrogens is 216 g/mol. The van der Waals surface area contributed by atoms with Gasteiger partial charge in [0.25, 0.3) is 0 Å². The van der Waals surface area contributed by atoms with Crippen LogP contribution in [0.5, 0.6) is 0 Å². The van der Waals surface area contributed by atoms with Crippen molar-refractivity contribution in [2.45, 2.75) is 23.7 Å². The monoisotopic (exact) mass is 230 g/mol. The van der Waals surface area contributed by atoms with Crippen LogP contribution in [0, 0.1) is 0 Å². The predicted octanol–water partition coefficient (Wildman–Crippen LogP) is 2.15. The molecule has 0 aliphatic rings. The van der Waals surface area contributed by atoms with Crippen LogP contribution < -0.4 is 0 Å². The van der Waals surface area contributed by atoms with E-state index < -0.39 is 0 Å². The Labute approximate surface area is 90.3 Å². The van der Waals surface area contributed by atoms with Crippen LogP contribution in [0.3, 0.4) is 0 Å². The third-order valence-corrected chi connectivity index (χ3v) is 2.34. The van der Waals surface area contributed by atoms with Gasteiger partial charge in [-0.25, -0.2) is 0 Å². The molecule has 2 atom stereocenters. The molecule has 0 spiro atoms. The van der Waals surface area contributed by atoms with E-state index >= 15 is 0 Å². The quantitative estimate of drug-likeness (QED) is 0.404. The van der Waals surface area contributed by atoms with Gasteiger partial charge in [-0.05, 0) is 24.3 Å². The van der Waals surface area contributed by atoms with Gasteiger partial charge >= 0.3 is 0 Å². The molecule has 2 unspecified atom stereocenters. The van der Waals surface area contributed by atoms with E-state index in [1.165, 1.54) is 0 Å². The Hall–Kier alpha value is 1.36. The second kappa shape index (κ2) is 7.98. The van der Waals surface area contributed by atoms with Crippen molar-refractivity contribution in [1.29, 1.82) is 0 Å². The molecule has 0 aromatic rings. The van der Waals surface area contributed by atoms with E-state index in [1.807, 2.05) is 0 Å². The van der Waals surface area contributed by atoms with Gasteiger partial charge in [0.15, 0.2) is 0 Å². The van der Waals surface area contributed by atoms with Gasteiger partial charge in [0.1, 0.15) is 10.9 Å². The lowest BCUT2D eigenvalue weighted by atomic mass is 10.5. The van der Waals surface area contributed by atoms with Crippen LogP contribution in [0.1, 0.15) is 12.8 Å². The van der Waals surface area contributed by atoms with Crippen LogP contribution in [-0.2, 0) is 4.74 Å². The summed E-state index contributed by atoms with van der Waals surface area (Å²) in [5.41, 5.74) is -0.0928. The molecule has 1 nitrogen and oxygen atoms in total. The Balaban J connectivity index is 3.32. The molecular formula is C6H14OS4. The molecule has 0 saturated heterocycles. The lowest BCUT2D eigenvalue weighted by molar-refractivity contribution is 0.0914. The lowest BCUT2D eigenvalue weighted by Crippen LogP contribution is -2.14. The molecule has 0 fully saturated rings. The van der Waals surface area contributed by atoms with Crippen molar-refractivity contribution in [2.75, 3.05) is 11.5 Å². The molecule has 0 radical (unpaired) electrons. The summed E-state index contributed by atoms with van der Waals surface area (Å²) in [6.45, 7) is 0. The molecule has 0 aromatic carbocycles. The molecule has 11 heavy (non-hydrogen) atoms. The SMILES string of the molecule is SCCC(S)OC(S)CCS. The molecule has 0 aliphatic heterocycles. The van der Waals surface area contributed by atoms with Gasteiger partial charge in [0.2, 0.25) is 0 Å². The zero-order valence-corrected chi connectivity index (χ0v) is 9.76. The minimum absolute atomic E-state index is 0.0464. The molecule has 0 N–H and O–H groups in total. The summed E-state index contributed by atoms with van der Waals surface area (Å²) in [6, 6.07) is 0. The van der Waals surface area contributed by atoms with E-state index in [0.717, 1.165) is 24.3 Å². The molecule has 68 valence electrons. The fourth-order valence-corrected chi connectivity index (χ4v) is 2.06. The van der Waals surface area contributed by atoms with Crippen LogP contribution >= 0.6 is 50.5 Å². The third kappa shape index (κ3) is 7.71. The summed E-state index contributed by atoms with van der Waals surface area (Å²) in [5.74, 6) is 1.57. The van der Waals surface area contributed by atoms with Crippen molar-refractivity contribution in [3.8, 4) is 0 Å². The number of ether oxygens (including phenoxy) is 1. The fourth-order valence-electron chi connectivity index (χ4n) is 0.538. The molecule has 0 saturated carbocycles. The van der Waals surface area contributed by atoms with Crippen molar-refractivity contribution < 1.29 is 4.74 Å². The summed E-state index contributed by atoms with van der Waals surface area (Å²) in [5, 5.41) is 0. The highest BCUT2D eigenvalue weighted by molar-refractivity contribution is 7.82. The second-order valence-electron chi connectivity index (χ2n) is 2.07. The molecule has 0 heterocycles. The maximum absolute atomic E-state index is 5.36. The Kier molecular flexibility index (Phi) is 8.97.